The number of carbonyl (C=O) groups excluding carboxylic acids is 1. The summed E-state index contributed by atoms with van der Waals surface area (Å²) >= 11 is 0. The minimum atomic E-state index is -0.466. The van der Waals surface area contributed by atoms with Gasteiger partial charge in [-0.05, 0) is 64.5 Å². The van der Waals surface area contributed by atoms with Crippen molar-refractivity contribution >= 4 is 11.9 Å². The van der Waals surface area contributed by atoms with Gasteiger partial charge in [0.1, 0.15) is 11.4 Å². The van der Waals surface area contributed by atoms with Gasteiger partial charge in [-0.15, -0.1) is 0 Å². The van der Waals surface area contributed by atoms with E-state index in [9.17, 15) is 9.59 Å². The zero-order valence-electron chi connectivity index (χ0n) is 18.1. The second-order valence-electron chi connectivity index (χ2n) is 9.55. The summed E-state index contributed by atoms with van der Waals surface area (Å²) in [5.41, 5.74) is 4.85. The van der Waals surface area contributed by atoms with Crippen molar-refractivity contribution in [1.82, 2.24) is 19.4 Å². The van der Waals surface area contributed by atoms with Gasteiger partial charge in [0.05, 0.1) is 0 Å². The van der Waals surface area contributed by atoms with Crippen LogP contribution < -0.4 is 11.4 Å². The van der Waals surface area contributed by atoms with Gasteiger partial charge in [0.2, 0.25) is 0 Å². The number of amides is 1. The average molecular weight is 406 g/mol. The van der Waals surface area contributed by atoms with Crippen molar-refractivity contribution in [3.8, 4) is 0 Å². The molecule has 2 saturated heterocycles. The molecule has 1 aromatic rings. The summed E-state index contributed by atoms with van der Waals surface area (Å²) in [6.07, 6.45) is 4.72. The Balaban J connectivity index is 1.57. The summed E-state index contributed by atoms with van der Waals surface area (Å²) in [5.74, 6) is 1.07. The monoisotopic (exact) mass is 405 g/mol. The fraction of sp³-hybridized carbons (Fsp3) is 0.762. The van der Waals surface area contributed by atoms with E-state index in [1.807, 2.05) is 25.7 Å². The number of nitrogens with two attached hydrogens (primary N) is 1. The van der Waals surface area contributed by atoms with Crippen LogP contribution in [0.2, 0.25) is 0 Å². The van der Waals surface area contributed by atoms with Crippen LogP contribution in [0.25, 0.3) is 0 Å². The lowest BCUT2D eigenvalue weighted by Crippen LogP contribution is -2.54. The Labute approximate surface area is 173 Å². The molecule has 0 saturated carbocycles. The van der Waals surface area contributed by atoms with Gasteiger partial charge in [-0.3, -0.25) is 9.47 Å². The molecule has 0 aromatic carbocycles. The largest absolute Gasteiger partial charge is 0.444 e. The average Bonchev–Trinajstić information content (AvgIpc) is 2.63. The Hall–Kier alpha value is -2.09. The number of ether oxygens (including phenoxy) is 1. The van der Waals surface area contributed by atoms with E-state index in [0.717, 1.165) is 45.4 Å². The van der Waals surface area contributed by atoms with Crippen LogP contribution in [0.1, 0.15) is 47.0 Å². The molecular weight excluding hydrogens is 370 g/mol. The van der Waals surface area contributed by atoms with Gasteiger partial charge >= 0.3 is 11.8 Å². The normalized spacial score (nSPS) is 26.3. The first kappa shape index (κ1) is 21.6. The molecule has 2 N–H and O–H groups in total. The van der Waals surface area contributed by atoms with Crippen LogP contribution in [0.4, 0.5) is 10.6 Å². The fourth-order valence-corrected chi connectivity index (χ4v) is 4.57. The van der Waals surface area contributed by atoms with Gasteiger partial charge in [0, 0.05) is 38.4 Å². The SMILES string of the molecule is CC1CN(C(=O)OC(C)(C)C)CCC1N1CCCC(Cn2ccc(N)nc2=O)C1. The summed E-state index contributed by atoms with van der Waals surface area (Å²) < 4.78 is 7.20. The maximum absolute atomic E-state index is 12.4. The smallest absolute Gasteiger partial charge is 0.410 e. The molecule has 2 fully saturated rings. The maximum atomic E-state index is 12.4. The Morgan fingerprint density at radius 2 is 2.03 bits per heavy atom. The Morgan fingerprint density at radius 3 is 2.69 bits per heavy atom. The minimum Gasteiger partial charge on any atom is -0.444 e. The minimum absolute atomic E-state index is 0.213. The molecule has 162 valence electrons. The van der Waals surface area contributed by atoms with E-state index < -0.39 is 5.60 Å². The van der Waals surface area contributed by atoms with Crippen LogP contribution in [-0.4, -0.2) is 63.3 Å². The molecule has 8 heteroatoms. The number of hydrogen-bond donors (Lipinski definition) is 1. The second kappa shape index (κ2) is 8.73. The van der Waals surface area contributed by atoms with Crippen LogP contribution in [0.15, 0.2) is 17.1 Å². The van der Waals surface area contributed by atoms with E-state index in [0.29, 0.717) is 24.4 Å². The van der Waals surface area contributed by atoms with E-state index >= 15 is 0 Å². The Kier molecular flexibility index (Phi) is 6.51. The van der Waals surface area contributed by atoms with Gasteiger partial charge in [0.15, 0.2) is 0 Å². The fourth-order valence-electron chi connectivity index (χ4n) is 4.57. The molecule has 2 aliphatic rings. The number of anilines is 1. The van der Waals surface area contributed by atoms with E-state index in [2.05, 4.69) is 16.8 Å². The number of piperidine rings is 2. The number of nitrogen functional groups attached to an aromatic ring is 1. The van der Waals surface area contributed by atoms with E-state index in [4.69, 9.17) is 10.5 Å². The molecule has 3 rings (SSSR count). The van der Waals surface area contributed by atoms with Gasteiger partial charge in [-0.1, -0.05) is 6.92 Å². The first-order valence-electron chi connectivity index (χ1n) is 10.7. The number of carbonyl (C=O) groups is 1. The molecule has 8 nitrogen and oxygen atoms in total. The number of rotatable bonds is 3. The first-order chi connectivity index (χ1) is 13.6. The van der Waals surface area contributed by atoms with Crippen molar-refractivity contribution in [3.05, 3.63) is 22.7 Å². The molecule has 0 radical (unpaired) electrons. The van der Waals surface area contributed by atoms with Crippen LogP contribution in [0, 0.1) is 11.8 Å². The van der Waals surface area contributed by atoms with Crippen molar-refractivity contribution in [3.63, 3.8) is 0 Å². The van der Waals surface area contributed by atoms with Crippen molar-refractivity contribution in [1.29, 1.82) is 0 Å². The molecule has 0 aliphatic carbocycles. The van der Waals surface area contributed by atoms with Gasteiger partial charge < -0.3 is 15.4 Å². The highest BCUT2D eigenvalue weighted by atomic mass is 16.6. The molecular formula is C21H35N5O3. The summed E-state index contributed by atoms with van der Waals surface area (Å²) in [6, 6.07) is 2.13. The maximum Gasteiger partial charge on any atom is 0.410 e. The highest BCUT2D eigenvalue weighted by Gasteiger charge is 2.36. The zero-order chi connectivity index (χ0) is 21.2. The molecule has 0 bridgehead atoms. The highest BCUT2D eigenvalue weighted by Crippen LogP contribution is 2.28. The molecule has 1 amide bonds. The lowest BCUT2D eigenvalue weighted by atomic mass is 9.88. The van der Waals surface area contributed by atoms with Crippen LogP contribution in [0.3, 0.4) is 0 Å². The summed E-state index contributed by atoms with van der Waals surface area (Å²) in [6.45, 7) is 12.1. The Morgan fingerprint density at radius 1 is 1.28 bits per heavy atom. The van der Waals surface area contributed by atoms with Gasteiger partial charge in [-0.2, -0.15) is 4.98 Å². The summed E-state index contributed by atoms with van der Waals surface area (Å²) in [4.78, 5) is 32.7. The molecule has 2 aliphatic heterocycles. The van der Waals surface area contributed by atoms with Crippen LogP contribution in [0.5, 0.6) is 0 Å². The first-order valence-corrected chi connectivity index (χ1v) is 10.7. The van der Waals surface area contributed by atoms with Crippen molar-refractivity contribution in [2.24, 2.45) is 11.8 Å². The summed E-state index contributed by atoms with van der Waals surface area (Å²) in [7, 11) is 0. The molecule has 3 atom stereocenters. The zero-order valence-corrected chi connectivity index (χ0v) is 18.1. The predicted octanol–water partition coefficient (Wildman–Crippen LogP) is 2.18. The van der Waals surface area contributed by atoms with E-state index in [1.54, 1.807) is 16.8 Å². The quantitative estimate of drug-likeness (QED) is 0.828. The highest BCUT2D eigenvalue weighted by molar-refractivity contribution is 5.68. The van der Waals surface area contributed by atoms with Crippen molar-refractivity contribution in [2.45, 2.75) is 65.1 Å². The lowest BCUT2D eigenvalue weighted by molar-refractivity contribution is -0.00266. The molecule has 1 aromatic heterocycles. The number of hydrogen-bond acceptors (Lipinski definition) is 6. The number of nitrogens with zero attached hydrogens (tertiary/aromatic N) is 4. The molecule has 0 spiro atoms. The van der Waals surface area contributed by atoms with Gasteiger partial charge in [0.25, 0.3) is 0 Å². The number of aromatic nitrogens is 2. The molecule has 3 heterocycles. The lowest BCUT2D eigenvalue weighted by Gasteiger charge is -2.45. The van der Waals surface area contributed by atoms with E-state index in [1.165, 1.54) is 0 Å². The third kappa shape index (κ3) is 5.72. The standard InChI is InChI=1S/C21H35N5O3/c1-15-12-26(20(28)29-21(2,3)4)10-7-17(15)24-9-5-6-16(13-24)14-25-11-8-18(22)23-19(25)27/h8,11,15-17H,5-7,9-10,12-14H2,1-4H3,(H2,22,23,27). The molecule has 29 heavy (non-hydrogen) atoms. The van der Waals surface area contributed by atoms with Crippen molar-refractivity contribution in [2.75, 3.05) is 31.9 Å². The van der Waals surface area contributed by atoms with Gasteiger partial charge in [-0.25, -0.2) is 9.59 Å². The molecule has 3 unspecified atom stereocenters. The van der Waals surface area contributed by atoms with Crippen LogP contribution >= 0.6 is 0 Å². The van der Waals surface area contributed by atoms with E-state index in [-0.39, 0.29) is 17.6 Å². The van der Waals surface area contributed by atoms with Crippen LogP contribution in [-0.2, 0) is 11.3 Å². The second-order valence-corrected chi connectivity index (χ2v) is 9.55. The Bertz CT molecular complexity index is 772. The van der Waals surface area contributed by atoms with Crippen molar-refractivity contribution < 1.29 is 9.53 Å². The topological polar surface area (TPSA) is 93.7 Å². The third-order valence-electron chi connectivity index (χ3n) is 5.88. The summed E-state index contributed by atoms with van der Waals surface area (Å²) in [5, 5.41) is 0. The number of likely N-dealkylation sites (tertiary alicyclic amines) is 2. The third-order valence-corrected chi connectivity index (χ3v) is 5.88. The predicted molar refractivity (Wildman–Crippen MR) is 113 cm³/mol.